The van der Waals surface area contributed by atoms with Crippen LogP contribution in [0.5, 0.6) is 0 Å². The average molecular weight is 551 g/mol. The first-order valence-electron chi connectivity index (χ1n) is 15.0. The quantitative estimate of drug-likeness (QED) is 0.0887. The zero-order valence-electron chi connectivity index (χ0n) is 24.0. The number of ether oxygens (including phenoxy) is 2. The maximum Gasteiger partial charge on any atom is 0.0780 e. The van der Waals surface area contributed by atoms with Crippen molar-refractivity contribution in [1.82, 2.24) is 0 Å². The normalized spacial score (nSPS) is 11.6. The molecule has 0 spiro atoms. The van der Waals surface area contributed by atoms with E-state index in [-0.39, 0.29) is 17.0 Å². The monoisotopic (exact) mass is 549 g/mol. The Hall–Kier alpha value is 0.360. The molecular weight excluding hydrogens is 486 g/mol. The molecule has 0 N–H and O–H groups in total. The van der Waals surface area contributed by atoms with E-state index in [0.717, 1.165) is 37.3 Å². The van der Waals surface area contributed by atoms with Gasteiger partial charge in [0.15, 0.2) is 0 Å². The summed E-state index contributed by atoms with van der Waals surface area (Å²) in [4.78, 5) is 0. The third-order valence-corrected chi connectivity index (χ3v) is 6.59. The van der Waals surface area contributed by atoms with E-state index in [1.54, 1.807) is 0 Å². The van der Waals surface area contributed by atoms with Gasteiger partial charge in [-0.15, -0.1) is 0 Å². The predicted octanol–water partition coefficient (Wildman–Crippen LogP) is 5.94. The summed E-state index contributed by atoms with van der Waals surface area (Å²) in [5.74, 6) is 0. The summed E-state index contributed by atoms with van der Waals surface area (Å²) in [5, 5.41) is 0. The molecule has 0 aromatic rings. The van der Waals surface area contributed by atoms with Crippen LogP contribution in [0.1, 0.15) is 142 Å². The van der Waals surface area contributed by atoms with Gasteiger partial charge in [-0.05, 0) is 32.1 Å². The van der Waals surface area contributed by atoms with Crippen molar-refractivity contribution in [3.63, 3.8) is 0 Å². The SMILES string of the molecule is CCCCCCCCCCCCCCCCCCOCCCOCCCCCC[N+](C)(C)C.[Br-]. The zero-order chi connectivity index (χ0) is 24.3. The third-order valence-electron chi connectivity index (χ3n) is 6.59. The van der Waals surface area contributed by atoms with E-state index >= 15 is 0 Å². The first-order chi connectivity index (χ1) is 16.1. The van der Waals surface area contributed by atoms with Crippen LogP contribution in [-0.4, -0.2) is 58.6 Å². The highest BCUT2D eigenvalue weighted by atomic mass is 79.9. The second-order valence-corrected chi connectivity index (χ2v) is 11.3. The Morgan fingerprint density at radius 2 is 0.676 bits per heavy atom. The number of unbranched alkanes of at least 4 members (excludes halogenated alkanes) is 18. The lowest BCUT2D eigenvalue weighted by molar-refractivity contribution is -0.870. The topological polar surface area (TPSA) is 18.5 Å². The molecule has 0 radical (unpaired) electrons. The number of hydrogen-bond acceptors (Lipinski definition) is 2. The average Bonchev–Trinajstić information content (AvgIpc) is 2.78. The van der Waals surface area contributed by atoms with E-state index in [2.05, 4.69) is 28.1 Å². The molecule has 0 atom stereocenters. The highest BCUT2D eigenvalue weighted by Crippen LogP contribution is 2.13. The summed E-state index contributed by atoms with van der Waals surface area (Å²) in [7, 11) is 6.81. The molecule has 0 aromatic heterocycles. The molecule has 0 aliphatic carbocycles. The van der Waals surface area contributed by atoms with Gasteiger partial charge in [-0.25, -0.2) is 0 Å². The molecule has 208 valence electrons. The van der Waals surface area contributed by atoms with Crippen molar-refractivity contribution in [2.75, 3.05) is 54.1 Å². The van der Waals surface area contributed by atoms with Crippen LogP contribution in [0, 0.1) is 0 Å². The Bertz CT molecular complexity index is 360. The van der Waals surface area contributed by atoms with Gasteiger partial charge in [-0.1, -0.05) is 110 Å². The molecule has 0 saturated heterocycles. The van der Waals surface area contributed by atoms with Crippen LogP contribution in [0.3, 0.4) is 0 Å². The molecule has 0 saturated carbocycles. The summed E-state index contributed by atoms with van der Waals surface area (Å²) in [6, 6.07) is 0. The number of halogens is 1. The molecule has 0 aliphatic heterocycles. The fraction of sp³-hybridized carbons (Fsp3) is 1.00. The molecular formula is C30H64BrNO2. The van der Waals surface area contributed by atoms with Crippen LogP contribution in [0.4, 0.5) is 0 Å². The molecule has 0 fully saturated rings. The maximum atomic E-state index is 5.76. The Kier molecular flexibility index (Phi) is 31.8. The number of nitrogens with zero attached hydrogens (tertiary/aromatic N) is 1. The van der Waals surface area contributed by atoms with E-state index in [9.17, 15) is 0 Å². The molecule has 0 unspecified atom stereocenters. The smallest absolute Gasteiger partial charge is 0.0780 e. The molecule has 0 aromatic carbocycles. The second kappa shape index (κ2) is 29.6. The lowest BCUT2D eigenvalue weighted by Gasteiger charge is -2.23. The van der Waals surface area contributed by atoms with E-state index < -0.39 is 0 Å². The molecule has 0 aliphatic rings. The van der Waals surface area contributed by atoms with E-state index in [1.807, 2.05) is 0 Å². The van der Waals surface area contributed by atoms with Gasteiger partial charge >= 0.3 is 0 Å². The van der Waals surface area contributed by atoms with Crippen molar-refractivity contribution in [3.8, 4) is 0 Å². The van der Waals surface area contributed by atoms with Gasteiger partial charge in [0.1, 0.15) is 0 Å². The maximum absolute atomic E-state index is 5.76. The van der Waals surface area contributed by atoms with Crippen LogP contribution >= 0.6 is 0 Å². The molecule has 4 heteroatoms. The molecule has 0 amide bonds. The van der Waals surface area contributed by atoms with E-state index in [4.69, 9.17) is 9.47 Å². The minimum atomic E-state index is 0. The highest BCUT2D eigenvalue weighted by molar-refractivity contribution is 4.50. The van der Waals surface area contributed by atoms with Crippen molar-refractivity contribution < 1.29 is 30.9 Å². The summed E-state index contributed by atoms with van der Waals surface area (Å²) in [6.07, 6.45) is 29.0. The largest absolute Gasteiger partial charge is 1.00 e. The van der Waals surface area contributed by atoms with Crippen molar-refractivity contribution in [3.05, 3.63) is 0 Å². The Morgan fingerprint density at radius 1 is 0.382 bits per heavy atom. The molecule has 0 heterocycles. The summed E-state index contributed by atoms with van der Waals surface area (Å²) < 4.78 is 12.6. The summed E-state index contributed by atoms with van der Waals surface area (Å²) in [6.45, 7) is 7.15. The van der Waals surface area contributed by atoms with Crippen molar-refractivity contribution in [2.45, 2.75) is 142 Å². The van der Waals surface area contributed by atoms with Crippen LogP contribution in [-0.2, 0) is 9.47 Å². The lowest BCUT2D eigenvalue weighted by atomic mass is 10.0. The van der Waals surface area contributed by atoms with Crippen LogP contribution in [0.2, 0.25) is 0 Å². The zero-order valence-corrected chi connectivity index (χ0v) is 25.6. The minimum absolute atomic E-state index is 0. The van der Waals surface area contributed by atoms with Crippen molar-refractivity contribution in [2.24, 2.45) is 0 Å². The molecule has 3 nitrogen and oxygen atoms in total. The first-order valence-corrected chi connectivity index (χ1v) is 15.0. The Labute approximate surface area is 226 Å². The number of hydrogen-bond donors (Lipinski definition) is 0. The minimum Gasteiger partial charge on any atom is -1.00 e. The van der Waals surface area contributed by atoms with E-state index in [1.165, 1.54) is 135 Å². The standard InChI is InChI=1S/C30H64NO2.BrH/c1-5-6-7-8-9-10-11-12-13-14-15-16-17-18-20-23-27-32-29-25-30-33-28-24-21-19-22-26-31(2,3)4;/h5-30H2,1-4H3;1H/q+1;/p-1. The number of quaternary nitrogens is 1. The fourth-order valence-electron chi connectivity index (χ4n) is 4.36. The second-order valence-electron chi connectivity index (χ2n) is 11.3. The molecule has 34 heavy (non-hydrogen) atoms. The third kappa shape index (κ3) is 34.5. The van der Waals surface area contributed by atoms with Crippen molar-refractivity contribution >= 4 is 0 Å². The fourth-order valence-corrected chi connectivity index (χ4v) is 4.36. The van der Waals surface area contributed by atoms with Crippen molar-refractivity contribution in [1.29, 1.82) is 0 Å². The van der Waals surface area contributed by atoms with Gasteiger partial charge in [0.2, 0.25) is 0 Å². The van der Waals surface area contributed by atoms with Gasteiger partial charge in [-0.3, -0.25) is 0 Å². The van der Waals surface area contributed by atoms with Gasteiger partial charge in [0.05, 0.1) is 27.7 Å². The van der Waals surface area contributed by atoms with Gasteiger partial charge < -0.3 is 30.9 Å². The van der Waals surface area contributed by atoms with Crippen LogP contribution < -0.4 is 17.0 Å². The van der Waals surface area contributed by atoms with Crippen LogP contribution in [0.15, 0.2) is 0 Å². The van der Waals surface area contributed by atoms with Gasteiger partial charge in [0.25, 0.3) is 0 Å². The lowest BCUT2D eigenvalue weighted by Crippen LogP contribution is -3.00. The predicted molar refractivity (Wildman–Crippen MR) is 147 cm³/mol. The first kappa shape index (κ1) is 36.5. The molecule has 0 rings (SSSR count). The summed E-state index contributed by atoms with van der Waals surface area (Å²) >= 11 is 0. The Balaban J connectivity index is 0. The van der Waals surface area contributed by atoms with Gasteiger partial charge in [-0.2, -0.15) is 0 Å². The molecule has 0 bridgehead atoms. The van der Waals surface area contributed by atoms with E-state index in [0.29, 0.717) is 0 Å². The summed E-state index contributed by atoms with van der Waals surface area (Å²) in [5.41, 5.74) is 0. The van der Waals surface area contributed by atoms with Crippen LogP contribution in [0.25, 0.3) is 0 Å². The number of rotatable bonds is 28. The highest BCUT2D eigenvalue weighted by Gasteiger charge is 2.05. The Morgan fingerprint density at radius 3 is 1.03 bits per heavy atom. The van der Waals surface area contributed by atoms with Gasteiger partial charge in [0, 0.05) is 26.4 Å².